The van der Waals surface area contributed by atoms with E-state index in [0.29, 0.717) is 0 Å². The predicted molar refractivity (Wildman–Crippen MR) is 279 cm³/mol. The first kappa shape index (κ1) is 37.6. The molecule has 0 aromatic heterocycles. The van der Waals surface area contributed by atoms with Gasteiger partial charge in [-0.15, -0.1) is 0 Å². The van der Waals surface area contributed by atoms with Gasteiger partial charge in [0.25, 0.3) is 0 Å². The minimum absolute atomic E-state index is 0.0941. The second-order valence-electron chi connectivity index (χ2n) is 19.0. The fourth-order valence-electron chi connectivity index (χ4n) is 14.0. The fourth-order valence-corrected chi connectivity index (χ4v) is 14.0. The van der Waals surface area contributed by atoms with E-state index in [1.54, 1.807) is 0 Å². The summed E-state index contributed by atoms with van der Waals surface area (Å²) in [6.07, 6.45) is 20.4. The zero-order valence-electron chi connectivity index (χ0n) is 36.6. The Morgan fingerprint density at radius 2 is 0.470 bits per heavy atom. The van der Waals surface area contributed by atoms with Gasteiger partial charge < -0.3 is 0 Å². The molecule has 14 rings (SSSR count). The molecule has 0 spiro atoms. The van der Waals surface area contributed by atoms with Gasteiger partial charge in [-0.3, -0.25) is 0 Å². The Balaban J connectivity index is 1.25. The molecule has 0 heteroatoms. The molecule has 66 heavy (non-hydrogen) atoms. The van der Waals surface area contributed by atoms with Crippen molar-refractivity contribution < 1.29 is 0 Å². The molecule has 0 N–H and O–H groups in total. The first-order valence-electron chi connectivity index (χ1n) is 23.7. The SMILES string of the molecule is C1=CC(C(c2ccccc2)(C2C=Cc3cccc4cccc2c34)C(c2ccccc2)(C2C=Cc3cccc4cccc2c34)C2C=Cc3cccc4cccc2c34)c2cccc3cccc1c23. The molecule has 310 valence electrons. The number of rotatable bonds is 7. The molecule has 4 unspecified atom stereocenters. The molecule has 0 saturated heterocycles. The summed E-state index contributed by atoms with van der Waals surface area (Å²) in [4.78, 5) is 0. The topological polar surface area (TPSA) is 0 Å². The highest BCUT2D eigenvalue weighted by atomic mass is 14.7. The van der Waals surface area contributed by atoms with Gasteiger partial charge in [0.05, 0.1) is 0 Å². The maximum atomic E-state index is 2.62. The van der Waals surface area contributed by atoms with Crippen molar-refractivity contribution in [3.05, 3.63) is 286 Å². The lowest BCUT2D eigenvalue weighted by Crippen LogP contribution is -2.61. The van der Waals surface area contributed by atoms with Crippen LogP contribution in [-0.4, -0.2) is 0 Å². The van der Waals surface area contributed by atoms with E-state index in [1.165, 1.54) is 98.7 Å². The average Bonchev–Trinajstić information content (AvgIpc) is 3.38. The fraction of sp³-hybridized carbons (Fsp3) is 0.0909. The van der Waals surface area contributed by atoms with Crippen molar-refractivity contribution in [3.8, 4) is 0 Å². The smallest absolute Gasteiger partial charge is 0.0274 e. The van der Waals surface area contributed by atoms with E-state index in [0.717, 1.165) is 0 Å². The third kappa shape index (κ3) is 4.99. The molecule has 4 aliphatic rings. The van der Waals surface area contributed by atoms with Crippen molar-refractivity contribution in [3.63, 3.8) is 0 Å². The summed E-state index contributed by atoms with van der Waals surface area (Å²) in [6.45, 7) is 0. The molecule has 0 bridgehead atoms. The molecule has 0 nitrogen and oxygen atoms in total. The maximum absolute atomic E-state index is 2.62. The third-order valence-electron chi connectivity index (χ3n) is 16.2. The average molecular weight is 839 g/mol. The summed E-state index contributed by atoms with van der Waals surface area (Å²) < 4.78 is 0. The minimum atomic E-state index is -0.709. The first-order chi connectivity index (χ1) is 32.7. The summed E-state index contributed by atoms with van der Waals surface area (Å²) in [5.74, 6) is -0.376. The Kier molecular flexibility index (Phi) is 8.17. The summed E-state index contributed by atoms with van der Waals surface area (Å²) in [6, 6.07) is 79.4. The Morgan fingerprint density at radius 1 is 0.227 bits per heavy atom. The monoisotopic (exact) mass is 838 g/mol. The van der Waals surface area contributed by atoms with Gasteiger partial charge in [-0.05, 0) is 98.7 Å². The van der Waals surface area contributed by atoms with E-state index >= 15 is 0 Å². The van der Waals surface area contributed by atoms with E-state index in [2.05, 4.69) is 255 Å². The third-order valence-corrected chi connectivity index (χ3v) is 16.2. The highest BCUT2D eigenvalue weighted by Crippen LogP contribution is 2.72. The summed E-state index contributed by atoms with van der Waals surface area (Å²) in [7, 11) is 0. The van der Waals surface area contributed by atoms with E-state index < -0.39 is 10.8 Å². The van der Waals surface area contributed by atoms with Gasteiger partial charge in [0.1, 0.15) is 0 Å². The Bertz CT molecular complexity index is 3260. The van der Waals surface area contributed by atoms with Crippen molar-refractivity contribution in [2.75, 3.05) is 0 Å². The van der Waals surface area contributed by atoms with Crippen LogP contribution in [0.15, 0.2) is 231 Å². The van der Waals surface area contributed by atoms with Crippen LogP contribution in [0.1, 0.15) is 79.3 Å². The predicted octanol–water partition coefficient (Wildman–Crippen LogP) is 16.7. The largest absolute Gasteiger partial charge is 0.0754 e. The lowest BCUT2D eigenvalue weighted by molar-refractivity contribution is 0.131. The Hall–Kier alpha value is -7.80. The molecule has 0 saturated carbocycles. The molecule has 4 atom stereocenters. The molecule has 10 aromatic rings. The number of benzene rings is 10. The van der Waals surface area contributed by atoms with Crippen LogP contribution in [0.2, 0.25) is 0 Å². The van der Waals surface area contributed by atoms with Gasteiger partial charge >= 0.3 is 0 Å². The zero-order valence-corrected chi connectivity index (χ0v) is 36.6. The van der Waals surface area contributed by atoms with Crippen LogP contribution in [0.3, 0.4) is 0 Å². The van der Waals surface area contributed by atoms with Crippen LogP contribution in [0.4, 0.5) is 0 Å². The van der Waals surface area contributed by atoms with E-state index in [4.69, 9.17) is 0 Å². The van der Waals surface area contributed by atoms with Gasteiger partial charge in [0, 0.05) is 34.5 Å². The molecular weight excluding hydrogens is 793 g/mol. The lowest BCUT2D eigenvalue weighted by atomic mass is 9.37. The van der Waals surface area contributed by atoms with E-state index in [-0.39, 0.29) is 23.7 Å². The van der Waals surface area contributed by atoms with Gasteiger partial charge in [-0.2, -0.15) is 0 Å². The van der Waals surface area contributed by atoms with Crippen LogP contribution >= 0.6 is 0 Å². The van der Waals surface area contributed by atoms with Crippen molar-refractivity contribution in [1.29, 1.82) is 0 Å². The standard InChI is InChI=1S/C66H46/c1-3-27-51(28-4-1)65(57-39-35-47-19-7-15-43-23-11-31-53(57)61(43)47,58-40-36-48-20-8-16-44-24-12-32-54(58)62(44)48)66(52-29-5-2-6-30-52,59-41-37-49-21-9-17-45-25-13-33-55(59)63(45)49)60-42-38-50-22-10-18-46-26-14-34-56(60)64(46)50/h1-42,57-60H. The molecular formula is C66H46. The first-order valence-corrected chi connectivity index (χ1v) is 23.7. The van der Waals surface area contributed by atoms with Crippen LogP contribution in [0, 0.1) is 0 Å². The summed E-state index contributed by atoms with van der Waals surface area (Å²) >= 11 is 0. The summed E-state index contributed by atoms with van der Waals surface area (Å²) in [5, 5.41) is 10.5. The molecule has 0 heterocycles. The highest BCUT2D eigenvalue weighted by molar-refractivity contribution is 6.01. The minimum Gasteiger partial charge on any atom is -0.0754 e. The molecule has 0 radical (unpaired) electrons. The second kappa shape index (κ2) is 14.4. The van der Waals surface area contributed by atoms with Crippen molar-refractivity contribution in [2.24, 2.45) is 0 Å². The molecule has 0 amide bonds. The molecule has 10 aromatic carbocycles. The molecule has 0 fully saturated rings. The Morgan fingerprint density at radius 3 is 0.727 bits per heavy atom. The molecule has 0 aliphatic heterocycles. The highest BCUT2D eigenvalue weighted by Gasteiger charge is 2.67. The maximum Gasteiger partial charge on any atom is 0.0274 e. The number of hydrogen-bond donors (Lipinski definition) is 0. The van der Waals surface area contributed by atoms with Crippen LogP contribution in [0.5, 0.6) is 0 Å². The zero-order chi connectivity index (χ0) is 43.4. The van der Waals surface area contributed by atoms with Crippen molar-refractivity contribution in [2.45, 2.75) is 34.5 Å². The van der Waals surface area contributed by atoms with Gasteiger partial charge in [0.15, 0.2) is 0 Å². The molecule has 4 aliphatic carbocycles. The normalized spacial score (nSPS) is 20.4. The van der Waals surface area contributed by atoms with E-state index in [1.807, 2.05) is 0 Å². The summed E-state index contributed by atoms with van der Waals surface area (Å²) in [5.41, 5.74) is 11.9. The Labute approximate surface area is 386 Å². The van der Waals surface area contributed by atoms with Crippen LogP contribution in [0.25, 0.3) is 67.4 Å². The van der Waals surface area contributed by atoms with E-state index in [9.17, 15) is 0 Å². The second-order valence-corrected chi connectivity index (χ2v) is 19.0. The van der Waals surface area contributed by atoms with Crippen molar-refractivity contribution in [1.82, 2.24) is 0 Å². The van der Waals surface area contributed by atoms with Gasteiger partial charge in [-0.1, -0.05) is 255 Å². The van der Waals surface area contributed by atoms with Gasteiger partial charge in [-0.25, -0.2) is 0 Å². The van der Waals surface area contributed by atoms with Crippen LogP contribution < -0.4 is 0 Å². The number of hydrogen-bond acceptors (Lipinski definition) is 0. The lowest BCUT2D eigenvalue weighted by Gasteiger charge is -2.64. The van der Waals surface area contributed by atoms with Crippen LogP contribution in [-0.2, 0) is 10.8 Å². The number of allylic oxidation sites excluding steroid dienone is 4. The quantitative estimate of drug-likeness (QED) is 0.150. The van der Waals surface area contributed by atoms with Gasteiger partial charge in [0.2, 0.25) is 0 Å². The van der Waals surface area contributed by atoms with Crippen molar-refractivity contribution >= 4 is 67.4 Å².